The molecule has 21 heavy (non-hydrogen) atoms. The van der Waals surface area contributed by atoms with Crippen LogP contribution in [0.25, 0.3) is 11.4 Å². The Morgan fingerprint density at radius 1 is 0.905 bits per heavy atom. The van der Waals surface area contributed by atoms with E-state index in [-0.39, 0.29) is 0 Å². The zero-order valence-electron chi connectivity index (χ0n) is 11.0. The highest BCUT2D eigenvalue weighted by Gasteiger charge is 2.07. The van der Waals surface area contributed by atoms with Crippen LogP contribution in [0, 0.1) is 3.57 Å². The van der Waals surface area contributed by atoms with E-state index in [1.165, 1.54) is 0 Å². The summed E-state index contributed by atoms with van der Waals surface area (Å²) in [6.45, 7) is 0. The van der Waals surface area contributed by atoms with Gasteiger partial charge in [0, 0.05) is 15.2 Å². The molecule has 0 saturated heterocycles. The number of halogens is 1. The summed E-state index contributed by atoms with van der Waals surface area (Å²) in [5.41, 5.74) is 6.75. The molecule has 0 saturated carbocycles. The Labute approximate surface area is 136 Å². The van der Waals surface area contributed by atoms with Gasteiger partial charge >= 0.3 is 0 Å². The van der Waals surface area contributed by atoms with Gasteiger partial charge in [-0.15, -0.1) is 0 Å². The molecule has 0 bridgehead atoms. The van der Waals surface area contributed by atoms with Crippen LogP contribution < -0.4 is 10.5 Å². The van der Waals surface area contributed by atoms with E-state index in [2.05, 4.69) is 32.6 Å². The highest BCUT2D eigenvalue weighted by molar-refractivity contribution is 14.1. The van der Waals surface area contributed by atoms with Crippen molar-refractivity contribution in [2.45, 2.75) is 0 Å². The Kier molecular flexibility index (Phi) is 4.01. The highest BCUT2D eigenvalue weighted by atomic mass is 127. The predicted molar refractivity (Wildman–Crippen MR) is 91.1 cm³/mol. The number of nitrogens with zero attached hydrogens (tertiary/aromatic N) is 2. The number of rotatable bonds is 3. The van der Waals surface area contributed by atoms with Crippen LogP contribution in [0.15, 0.2) is 60.7 Å². The SMILES string of the molecule is Nc1cc(Oc2cccc(I)c2)nc(-c2ccccc2)n1. The Morgan fingerprint density at radius 3 is 2.48 bits per heavy atom. The predicted octanol–water partition coefficient (Wildman–Crippen LogP) is 4.12. The third-order valence-electron chi connectivity index (χ3n) is 2.77. The van der Waals surface area contributed by atoms with Crippen molar-refractivity contribution in [2.24, 2.45) is 0 Å². The summed E-state index contributed by atoms with van der Waals surface area (Å²) in [5.74, 6) is 2.09. The van der Waals surface area contributed by atoms with Gasteiger partial charge in [-0.3, -0.25) is 0 Å². The van der Waals surface area contributed by atoms with Crippen LogP contribution in [0.5, 0.6) is 11.6 Å². The number of hydrogen-bond acceptors (Lipinski definition) is 4. The van der Waals surface area contributed by atoms with Crippen molar-refractivity contribution in [2.75, 3.05) is 5.73 Å². The fourth-order valence-electron chi connectivity index (χ4n) is 1.86. The van der Waals surface area contributed by atoms with Gasteiger partial charge in [0.25, 0.3) is 0 Å². The van der Waals surface area contributed by atoms with Crippen molar-refractivity contribution in [1.82, 2.24) is 9.97 Å². The Morgan fingerprint density at radius 2 is 1.71 bits per heavy atom. The molecule has 0 spiro atoms. The average Bonchev–Trinajstić information content (AvgIpc) is 2.47. The second-order valence-electron chi connectivity index (χ2n) is 4.38. The lowest BCUT2D eigenvalue weighted by Gasteiger charge is -2.08. The molecule has 0 aliphatic heterocycles. The minimum atomic E-state index is 0.379. The molecule has 1 aromatic heterocycles. The molecule has 0 radical (unpaired) electrons. The first-order chi connectivity index (χ1) is 10.2. The fraction of sp³-hybridized carbons (Fsp3) is 0. The second-order valence-corrected chi connectivity index (χ2v) is 5.63. The summed E-state index contributed by atoms with van der Waals surface area (Å²) in [7, 11) is 0. The van der Waals surface area contributed by atoms with Crippen molar-refractivity contribution in [1.29, 1.82) is 0 Å². The summed E-state index contributed by atoms with van der Waals surface area (Å²) in [6.07, 6.45) is 0. The molecule has 0 amide bonds. The van der Waals surface area contributed by atoms with Crippen molar-refractivity contribution in [3.63, 3.8) is 0 Å². The lowest BCUT2D eigenvalue weighted by atomic mass is 10.2. The van der Waals surface area contributed by atoms with Gasteiger partial charge in [-0.1, -0.05) is 36.4 Å². The molecule has 4 nitrogen and oxygen atoms in total. The van der Waals surface area contributed by atoms with E-state index in [0.29, 0.717) is 17.5 Å². The van der Waals surface area contributed by atoms with Gasteiger partial charge in [0.1, 0.15) is 11.6 Å². The van der Waals surface area contributed by atoms with E-state index in [4.69, 9.17) is 10.5 Å². The fourth-order valence-corrected chi connectivity index (χ4v) is 2.38. The average molecular weight is 389 g/mol. The van der Waals surface area contributed by atoms with Crippen molar-refractivity contribution < 1.29 is 4.74 Å². The molecule has 0 aliphatic rings. The smallest absolute Gasteiger partial charge is 0.224 e. The minimum absolute atomic E-state index is 0.379. The minimum Gasteiger partial charge on any atom is -0.439 e. The van der Waals surface area contributed by atoms with Crippen LogP contribution in [-0.4, -0.2) is 9.97 Å². The third-order valence-corrected chi connectivity index (χ3v) is 3.44. The van der Waals surface area contributed by atoms with E-state index < -0.39 is 0 Å². The van der Waals surface area contributed by atoms with Gasteiger partial charge in [-0.25, -0.2) is 4.98 Å². The molecule has 3 rings (SSSR count). The second kappa shape index (κ2) is 6.09. The van der Waals surface area contributed by atoms with Gasteiger partial charge in [0.05, 0.1) is 0 Å². The molecule has 0 fully saturated rings. The summed E-state index contributed by atoms with van der Waals surface area (Å²) in [5, 5.41) is 0. The lowest BCUT2D eigenvalue weighted by Crippen LogP contribution is -1.98. The van der Waals surface area contributed by atoms with Crippen molar-refractivity contribution >= 4 is 28.4 Å². The van der Waals surface area contributed by atoms with E-state index in [1.54, 1.807) is 6.07 Å². The molecule has 0 aliphatic carbocycles. The van der Waals surface area contributed by atoms with E-state index in [0.717, 1.165) is 14.9 Å². The van der Waals surface area contributed by atoms with E-state index in [9.17, 15) is 0 Å². The zero-order chi connectivity index (χ0) is 14.7. The number of anilines is 1. The molecule has 3 aromatic rings. The topological polar surface area (TPSA) is 61.0 Å². The maximum absolute atomic E-state index is 5.85. The number of aromatic nitrogens is 2. The van der Waals surface area contributed by atoms with Gasteiger partial charge in [0.2, 0.25) is 5.88 Å². The third kappa shape index (κ3) is 3.49. The lowest BCUT2D eigenvalue weighted by molar-refractivity contribution is 0.462. The Balaban J connectivity index is 1.95. The molecule has 2 N–H and O–H groups in total. The molecule has 2 aromatic carbocycles. The monoisotopic (exact) mass is 389 g/mol. The van der Waals surface area contributed by atoms with Gasteiger partial charge in [0.15, 0.2) is 5.82 Å². The molecule has 1 heterocycles. The molecule has 5 heteroatoms. The summed E-state index contributed by atoms with van der Waals surface area (Å²) in [4.78, 5) is 8.66. The van der Waals surface area contributed by atoms with Gasteiger partial charge in [-0.05, 0) is 40.8 Å². The largest absolute Gasteiger partial charge is 0.439 e. The first-order valence-electron chi connectivity index (χ1n) is 6.34. The maximum atomic E-state index is 5.85. The van der Waals surface area contributed by atoms with E-state index >= 15 is 0 Å². The molecular formula is C16H12IN3O. The quantitative estimate of drug-likeness (QED) is 0.685. The van der Waals surface area contributed by atoms with Crippen LogP contribution in [0.2, 0.25) is 0 Å². The Hall–Kier alpha value is -2.15. The number of ether oxygens (including phenoxy) is 1. The first-order valence-corrected chi connectivity index (χ1v) is 7.42. The Bertz CT molecular complexity index is 762. The van der Waals surface area contributed by atoms with Crippen LogP contribution in [0.1, 0.15) is 0 Å². The van der Waals surface area contributed by atoms with Crippen LogP contribution >= 0.6 is 22.6 Å². The van der Waals surface area contributed by atoms with Crippen LogP contribution in [-0.2, 0) is 0 Å². The summed E-state index contributed by atoms with van der Waals surface area (Å²) < 4.78 is 6.86. The number of hydrogen-bond donors (Lipinski definition) is 1. The number of benzene rings is 2. The van der Waals surface area contributed by atoms with Crippen LogP contribution in [0.3, 0.4) is 0 Å². The first kappa shape index (κ1) is 13.8. The number of nitrogen functional groups attached to an aromatic ring is 1. The van der Waals surface area contributed by atoms with Gasteiger partial charge in [-0.2, -0.15) is 4.98 Å². The molecular weight excluding hydrogens is 377 g/mol. The highest BCUT2D eigenvalue weighted by Crippen LogP contribution is 2.25. The van der Waals surface area contributed by atoms with Crippen molar-refractivity contribution in [3.8, 4) is 23.0 Å². The summed E-state index contributed by atoms with van der Waals surface area (Å²) >= 11 is 2.23. The molecule has 0 atom stereocenters. The summed E-state index contributed by atoms with van der Waals surface area (Å²) in [6, 6.07) is 19.0. The normalized spacial score (nSPS) is 10.3. The van der Waals surface area contributed by atoms with Crippen molar-refractivity contribution in [3.05, 3.63) is 64.2 Å². The van der Waals surface area contributed by atoms with Crippen LogP contribution in [0.4, 0.5) is 5.82 Å². The molecule has 104 valence electrons. The standard InChI is InChI=1S/C16H12IN3O/c17-12-7-4-8-13(9-12)21-15-10-14(18)19-16(20-15)11-5-2-1-3-6-11/h1-10H,(H2,18,19,20). The maximum Gasteiger partial charge on any atom is 0.224 e. The van der Waals surface area contributed by atoms with E-state index in [1.807, 2.05) is 54.6 Å². The molecule has 0 unspecified atom stereocenters. The zero-order valence-corrected chi connectivity index (χ0v) is 13.2. The van der Waals surface area contributed by atoms with Gasteiger partial charge < -0.3 is 10.5 Å². The number of nitrogens with two attached hydrogens (primary N) is 1.